The van der Waals surface area contributed by atoms with Crippen molar-refractivity contribution in [1.29, 1.82) is 0 Å². The second-order valence-corrected chi connectivity index (χ2v) is 4.91. The Morgan fingerprint density at radius 1 is 1.50 bits per heavy atom. The van der Waals surface area contributed by atoms with Gasteiger partial charge in [-0.15, -0.1) is 0 Å². The number of anilines is 1. The molecule has 2 heterocycles. The lowest BCUT2D eigenvalue weighted by Crippen LogP contribution is -2.33. The first-order chi connectivity index (χ1) is 9.66. The summed E-state index contributed by atoms with van der Waals surface area (Å²) in [4.78, 5) is 28.9. The van der Waals surface area contributed by atoms with Crippen molar-refractivity contribution >= 4 is 17.6 Å². The van der Waals surface area contributed by atoms with E-state index in [0.29, 0.717) is 19.5 Å². The van der Waals surface area contributed by atoms with Crippen molar-refractivity contribution in [3.05, 3.63) is 24.0 Å². The number of nitrogens with zero attached hydrogens (tertiary/aromatic N) is 2. The van der Waals surface area contributed by atoms with Crippen LogP contribution in [0.2, 0.25) is 0 Å². The van der Waals surface area contributed by atoms with Crippen LogP contribution in [0.5, 0.6) is 0 Å². The molecule has 0 unspecified atom stereocenters. The topological polar surface area (TPSA) is 74.3 Å². The minimum Gasteiger partial charge on any atom is -0.343 e. The summed E-state index contributed by atoms with van der Waals surface area (Å²) in [5.74, 6) is 0.224. The summed E-state index contributed by atoms with van der Waals surface area (Å²) < 4.78 is 0. The fraction of sp³-hybridized carbons (Fsp3) is 0.500. The predicted molar refractivity (Wildman–Crippen MR) is 76.4 cm³/mol. The number of urea groups is 1. The Morgan fingerprint density at radius 2 is 2.35 bits per heavy atom. The van der Waals surface area contributed by atoms with Crippen LogP contribution in [-0.2, 0) is 4.79 Å². The fourth-order valence-corrected chi connectivity index (χ4v) is 2.19. The molecule has 20 heavy (non-hydrogen) atoms. The number of hydrogen-bond donors (Lipinski definition) is 2. The summed E-state index contributed by atoms with van der Waals surface area (Å²) in [6.45, 7) is 4.01. The van der Waals surface area contributed by atoms with Crippen LogP contribution < -0.4 is 10.6 Å². The molecule has 3 amide bonds. The summed E-state index contributed by atoms with van der Waals surface area (Å²) in [7, 11) is 0. The quantitative estimate of drug-likeness (QED) is 0.801. The van der Waals surface area contributed by atoms with Crippen molar-refractivity contribution in [2.24, 2.45) is 0 Å². The van der Waals surface area contributed by atoms with E-state index >= 15 is 0 Å². The van der Waals surface area contributed by atoms with E-state index in [2.05, 4.69) is 15.6 Å². The van der Waals surface area contributed by atoms with E-state index in [1.54, 1.807) is 18.5 Å². The molecule has 1 saturated heterocycles. The van der Waals surface area contributed by atoms with E-state index in [1.165, 1.54) is 0 Å². The molecule has 0 spiro atoms. The van der Waals surface area contributed by atoms with Crippen molar-refractivity contribution in [3.63, 3.8) is 0 Å². The van der Waals surface area contributed by atoms with Crippen LogP contribution in [0.4, 0.5) is 10.5 Å². The number of nitrogens with one attached hydrogen (secondary N) is 2. The molecule has 2 rings (SSSR count). The highest BCUT2D eigenvalue weighted by Gasteiger charge is 2.18. The lowest BCUT2D eigenvalue weighted by Gasteiger charge is -2.15. The van der Waals surface area contributed by atoms with E-state index in [-0.39, 0.29) is 11.9 Å². The van der Waals surface area contributed by atoms with Crippen LogP contribution in [0, 0.1) is 6.92 Å². The number of aromatic nitrogens is 1. The maximum atomic E-state index is 11.7. The molecular weight excluding hydrogens is 256 g/mol. The van der Waals surface area contributed by atoms with Crippen molar-refractivity contribution in [1.82, 2.24) is 15.2 Å². The number of hydrogen-bond acceptors (Lipinski definition) is 3. The summed E-state index contributed by atoms with van der Waals surface area (Å²) in [5.41, 5.74) is 1.68. The second-order valence-electron chi connectivity index (χ2n) is 4.91. The summed E-state index contributed by atoms with van der Waals surface area (Å²) in [6, 6.07) is 1.53. The summed E-state index contributed by atoms with van der Waals surface area (Å²) >= 11 is 0. The number of rotatable bonds is 5. The number of aryl methyl sites for hydroxylation is 1. The number of amides is 3. The largest absolute Gasteiger partial charge is 0.343 e. The van der Waals surface area contributed by atoms with E-state index in [4.69, 9.17) is 0 Å². The van der Waals surface area contributed by atoms with Crippen molar-refractivity contribution in [2.75, 3.05) is 25.0 Å². The molecular formula is C14H20N4O2. The molecule has 6 heteroatoms. The van der Waals surface area contributed by atoms with Gasteiger partial charge in [0, 0.05) is 44.1 Å². The van der Waals surface area contributed by atoms with Crippen LogP contribution in [0.25, 0.3) is 0 Å². The number of pyridine rings is 1. The Labute approximate surface area is 118 Å². The lowest BCUT2D eigenvalue weighted by atomic mass is 10.2. The summed E-state index contributed by atoms with van der Waals surface area (Å²) in [6.07, 6.45) is 5.73. The molecule has 2 N–H and O–H groups in total. The van der Waals surface area contributed by atoms with E-state index < -0.39 is 0 Å². The van der Waals surface area contributed by atoms with Gasteiger partial charge in [0.05, 0.1) is 0 Å². The molecule has 0 atom stereocenters. The average molecular weight is 276 g/mol. The first-order valence-corrected chi connectivity index (χ1v) is 6.90. The molecule has 6 nitrogen and oxygen atoms in total. The van der Waals surface area contributed by atoms with Gasteiger partial charge in [0.1, 0.15) is 0 Å². The zero-order valence-electron chi connectivity index (χ0n) is 11.7. The van der Waals surface area contributed by atoms with Gasteiger partial charge in [-0.05, 0) is 31.4 Å². The third-order valence-corrected chi connectivity index (χ3v) is 3.33. The highest BCUT2D eigenvalue weighted by molar-refractivity contribution is 5.89. The van der Waals surface area contributed by atoms with Gasteiger partial charge in [-0.2, -0.15) is 0 Å². The normalized spacial score (nSPS) is 14.4. The number of likely N-dealkylation sites (tertiary alicyclic amines) is 1. The Balaban J connectivity index is 1.65. The minimum absolute atomic E-state index is 0.224. The molecule has 0 bridgehead atoms. The molecule has 0 saturated carbocycles. The van der Waals surface area contributed by atoms with Gasteiger partial charge in [0.15, 0.2) is 0 Å². The number of carbonyl (C=O) groups excluding carboxylic acids is 2. The fourth-order valence-electron chi connectivity index (χ4n) is 2.19. The van der Waals surface area contributed by atoms with Crippen LogP contribution in [0.15, 0.2) is 18.5 Å². The van der Waals surface area contributed by atoms with Crippen molar-refractivity contribution in [2.45, 2.75) is 26.2 Å². The average Bonchev–Trinajstić information content (AvgIpc) is 2.83. The van der Waals surface area contributed by atoms with Crippen molar-refractivity contribution < 1.29 is 9.59 Å². The van der Waals surface area contributed by atoms with E-state index in [9.17, 15) is 9.59 Å². The van der Waals surface area contributed by atoms with Gasteiger partial charge in [0.2, 0.25) is 5.91 Å². The maximum Gasteiger partial charge on any atom is 0.319 e. The molecule has 1 aliphatic heterocycles. The van der Waals surface area contributed by atoms with Crippen LogP contribution in [0.3, 0.4) is 0 Å². The molecule has 0 aromatic carbocycles. The van der Waals surface area contributed by atoms with Gasteiger partial charge in [-0.3, -0.25) is 9.78 Å². The number of carbonyl (C=O) groups is 2. The Hall–Kier alpha value is -2.11. The monoisotopic (exact) mass is 276 g/mol. The summed E-state index contributed by atoms with van der Waals surface area (Å²) in [5, 5.41) is 5.57. The van der Waals surface area contributed by atoms with Crippen LogP contribution in [0.1, 0.15) is 24.8 Å². The van der Waals surface area contributed by atoms with Crippen molar-refractivity contribution in [3.8, 4) is 0 Å². The third kappa shape index (κ3) is 3.94. The maximum absolute atomic E-state index is 11.7. The molecule has 0 radical (unpaired) electrons. The molecule has 108 valence electrons. The van der Waals surface area contributed by atoms with Gasteiger partial charge in [-0.25, -0.2) is 4.79 Å². The Kier molecular flexibility index (Phi) is 4.92. The second kappa shape index (κ2) is 6.88. The zero-order valence-corrected chi connectivity index (χ0v) is 11.7. The standard InChI is InChI=1S/C14H20N4O2/c1-11-10-15-7-5-12(11)17-14(20)16-6-3-9-18-8-2-4-13(18)19/h5,7,10H,2-4,6,8-9H2,1H3,(H2,15,16,17,20). The highest BCUT2D eigenvalue weighted by atomic mass is 16.2. The van der Waals surface area contributed by atoms with Crippen LogP contribution >= 0.6 is 0 Å². The molecule has 1 aromatic heterocycles. The molecule has 1 aromatic rings. The van der Waals surface area contributed by atoms with E-state index in [1.807, 2.05) is 11.8 Å². The third-order valence-electron chi connectivity index (χ3n) is 3.33. The smallest absolute Gasteiger partial charge is 0.319 e. The Morgan fingerprint density at radius 3 is 3.05 bits per heavy atom. The van der Waals surface area contributed by atoms with Crippen LogP contribution in [-0.4, -0.2) is 41.5 Å². The zero-order chi connectivity index (χ0) is 14.4. The molecule has 1 fully saturated rings. The van der Waals surface area contributed by atoms with Gasteiger partial charge < -0.3 is 15.5 Å². The SMILES string of the molecule is Cc1cnccc1NC(=O)NCCCN1CCCC1=O. The van der Waals surface area contributed by atoms with Gasteiger partial charge in [0.25, 0.3) is 0 Å². The Bertz CT molecular complexity index is 490. The highest BCUT2D eigenvalue weighted by Crippen LogP contribution is 2.11. The molecule has 1 aliphatic rings. The predicted octanol–water partition coefficient (Wildman–Crippen LogP) is 1.52. The van der Waals surface area contributed by atoms with E-state index in [0.717, 1.165) is 30.6 Å². The van der Waals surface area contributed by atoms with Gasteiger partial charge >= 0.3 is 6.03 Å². The lowest BCUT2D eigenvalue weighted by molar-refractivity contribution is -0.127. The first kappa shape index (κ1) is 14.3. The first-order valence-electron chi connectivity index (χ1n) is 6.90. The molecule has 0 aliphatic carbocycles. The van der Waals surface area contributed by atoms with Gasteiger partial charge in [-0.1, -0.05) is 0 Å². The minimum atomic E-state index is -0.230.